The van der Waals surface area contributed by atoms with E-state index in [0.717, 1.165) is 17.5 Å². The molecular weight excluding hydrogens is 292 g/mol. The van der Waals surface area contributed by atoms with E-state index in [1.165, 1.54) is 0 Å². The molecule has 0 radical (unpaired) electrons. The Hall–Kier alpha value is -2.87. The molecule has 0 aliphatic carbocycles. The van der Waals surface area contributed by atoms with E-state index in [1.54, 1.807) is 42.8 Å². The van der Waals surface area contributed by atoms with Gasteiger partial charge in [-0.25, -0.2) is 9.64 Å². The lowest BCUT2D eigenvalue weighted by atomic mass is 10.0. The first-order valence-electron chi connectivity index (χ1n) is 7.40. The van der Waals surface area contributed by atoms with Gasteiger partial charge in [-0.05, 0) is 18.9 Å². The summed E-state index contributed by atoms with van der Waals surface area (Å²) in [6.07, 6.45) is 1.39. The van der Waals surface area contributed by atoms with E-state index in [-0.39, 0.29) is 6.61 Å². The quantitative estimate of drug-likeness (QED) is 0.479. The van der Waals surface area contributed by atoms with Crippen molar-refractivity contribution in [3.8, 4) is 11.1 Å². The highest BCUT2D eigenvalue weighted by Crippen LogP contribution is 2.39. The first-order chi connectivity index (χ1) is 11.1. The van der Waals surface area contributed by atoms with Gasteiger partial charge in [0.15, 0.2) is 0 Å². The number of esters is 1. The molecule has 0 spiro atoms. The van der Waals surface area contributed by atoms with Crippen molar-refractivity contribution in [3.63, 3.8) is 0 Å². The number of ether oxygens (including phenoxy) is 1. The third-order valence-corrected chi connectivity index (χ3v) is 3.74. The predicted molar refractivity (Wildman–Crippen MR) is 87.8 cm³/mol. The van der Waals surface area contributed by atoms with Crippen LogP contribution in [0.25, 0.3) is 16.0 Å². The van der Waals surface area contributed by atoms with Crippen LogP contribution in [0.15, 0.2) is 24.3 Å². The maximum atomic E-state index is 12.4. The third kappa shape index (κ3) is 2.88. The Morgan fingerprint density at radius 1 is 1.30 bits per heavy atom. The molecule has 0 N–H and O–H groups in total. The minimum absolute atomic E-state index is 0.266. The topological polar surface area (TPSA) is 52.7 Å². The van der Waals surface area contributed by atoms with Crippen molar-refractivity contribution in [1.29, 1.82) is 0 Å². The Bertz CT molecular complexity index is 780. The smallest absolute Gasteiger partial charge is 0.354 e. The van der Waals surface area contributed by atoms with Gasteiger partial charge in [-0.3, -0.25) is 4.79 Å². The summed E-state index contributed by atoms with van der Waals surface area (Å²) >= 11 is 0. The van der Waals surface area contributed by atoms with Gasteiger partial charge in [-0.15, -0.1) is 0 Å². The lowest BCUT2D eigenvalue weighted by Crippen LogP contribution is -2.12. The second-order valence-corrected chi connectivity index (χ2v) is 5.00. The van der Waals surface area contributed by atoms with Crippen LogP contribution in [0.5, 0.6) is 0 Å². The van der Waals surface area contributed by atoms with E-state index in [0.29, 0.717) is 28.9 Å². The third-order valence-electron chi connectivity index (χ3n) is 3.74. The Kier molecular flexibility index (Phi) is 4.97. The van der Waals surface area contributed by atoms with E-state index in [4.69, 9.17) is 11.3 Å². The molecule has 5 heteroatoms. The largest absolute Gasteiger partial charge is 0.461 e. The number of nitrogens with zero attached hydrogens (tertiary/aromatic N) is 2. The van der Waals surface area contributed by atoms with Crippen molar-refractivity contribution in [2.75, 3.05) is 6.61 Å². The molecule has 0 fully saturated rings. The molecule has 2 aromatic rings. The standard InChI is InChI=1S/C18H18N2O3/c1-5-14-16(19-3)15(13-9-7-12(11-21)8-10-13)17(20(14)4)18(22)23-6-2/h7-11H,5-6H2,1-2,4H3. The van der Waals surface area contributed by atoms with Crippen molar-refractivity contribution < 1.29 is 14.3 Å². The summed E-state index contributed by atoms with van der Waals surface area (Å²) in [6.45, 7) is 11.5. The Morgan fingerprint density at radius 2 is 1.96 bits per heavy atom. The van der Waals surface area contributed by atoms with Gasteiger partial charge in [0.2, 0.25) is 5.69 Å². The minimum atomic E-state index is -0.450. The molecule has 1 heterocycles. The summed E-state index contributed by atoms with van der Waals surface area (Å²) in [7, 11) is 1.77. The van der Waals surface area contributed by atoms with Crippen molar-refractivity contribution in [1.82, 2.24) is 4.57 Å². The van der Waals surface area contributed by atoms with Crippen LogP contribution in [-0.2, 0) is 18.2 Å². The summed E-state index contributed by atoms with van der Waals surface area (Å²) in [5.41, 5.74) is 3.45. The highest BCUT2D eigenvalue weighted by molar-refractivity contribution is 6.01. The average molecular weight is 310 g/mol. The number of aldehydes is 1. The first kappa shape index (κ1) is 16.5. The molecule has 0 atom stereocenters. The zero-order valence-corrected chi connectivity index (χ0v) is 13.4. The van der Waals surface area contributed by atoms with Crippen molar-refractivity contribution in [2.24, 2.45) is 7.05 Å². The maximum absolute atomic E-state index is 12.4. The molecule has 0 aliphatic heterocycles. The number of hydrogen-bond acceptors (Lipinski definition) is 3. The molecular formula is C18H18N2O3. The molecule has 0 aliphatic rings. The van der Waals surface area contributed by atoms with Gasteiger partial charge >= 0.3 is 5.97 Å². The van der Waals surface area contributed by atoms with Crippen molar-refractivity contribution in [3.05, 3.63) is 52.6 Å². The van der Waals surface area contributed by atoms with Gasteiger partial charge in [0.05, 0.1) is 13.2 Å². The van der Waals surface area contributed by atoms with Gasteiger partial charge < -0.3 is 9.30 Å². The fraction of sp³-hybridized carbons (Fsp3) is 0.278. The number of hydrogen-bond donors (Lipinski definition) is 0. The maximum Gasteiger partial charge on any atom is 0.354 e. The van der Waals surface area contributed by atoms with Crippen LogP contribution in [0.3, 0.4) is 0 Å². The Labute approximate surface area is 135 Å². The van der Waals surface area contributed by atoms with Crippen LogP contribution >= 0.6 is 0 Å². The van der Waals surface area contributed by atoms with Crippen LogP contribution in [0.2, 0.25) is 0 Å². The summed E-state index contributed by atoms with van der Waals surface area (Å²) in [5.74, 6) is -0.450. The van der Waals surface area contributed by atoms with Gasteiger partial charge in [-0.2, -0.15) is 0 Å². The van der Waals surface area contributed by atoms with E-state index >= 15 is 0 Å². The molecule has 1 aromatic heterocycles. The molecule has 1 aromatic carbocycles. The fourth-order valence-electron chi connectivity index (χ4n) is 2.68. The number of benzene rings is 1. The molecule has 0 saturated heterocycles. The van der Waals surface area contributed by atoms with Gasteiger partial charge in [0.25, 0.3) is 0 Å². The first-order valence-corrected chi connectivity index (χ1v) is 7.40. The second-order valence-electron chi connectivity index (χ2n) is 5.00. The van der Waals surface area contributed by atoms with E-state index in [9.17, 15) is 9.59 Å². The van der Waals surface area contributed by atoms with Gasteiger partial charge in [0, 0.05) is 23.9 Å². The number of rotatable bonds is 5. The lowest BCUT2D eigenvalue weighted by molar-refractivity contribution is 0.0516. The summed E-state index contributed by atoms with van der Waals surface area (Å²) in [5, 5.41) is 0. The van der Waals surface area contributed by atoms with Crippen molar-refractivity contribution in [2.45, 2.75) is 20.3 Å². The molecule has 0 amide bonds. The molecule has 0 unspecified atom stereocenters. The number of carbonyl (C=O) groups is 2. The molecule has 23 heavy (non-hydrogen) atoms. The van der Waals surface area contributed by atoms with E-state index in [2.05, 4.69) is 4.85 Å². The zero-order chi connectivity index (χ0) is 17.0. The van der Waals surface area contributed by atoms with Gasteiger partial charge in [-0.1, -0.05) is 31.2 Å². The van der Waals surface area contributed by atoms with Gasteiger partial charge in [0.1, 0.15) is 12.0 Å². The molecule has 0 saturated carbocycles. The van der Waals surface area contributed by atoms with E-state index < -0.39 is 5.97 Å². The van der Waals surface area contributed by atoms with Crippen LogP contribution < -0.4 is 0 Å². The van der Waals surface area contributed by atoms with Crippen LogP contribution in [-0.4, -0.2) is 23.4 Å². The lowest BCUT2D eigenvalue weighted by Gasteiger charge is -2.09. The highest BCUT2D eigenvalue weighted by Gasteiger charge is 2.26. The summed E-state index contributed by atoms with van der Waals surface area (Å²) in [4.78, 5) is 26.8. The fourth-order valence-corrected chi connectivity index (χ4v) is 2.68. The molecule has 2 rings (SSSR count). The Morgan fingerprint density at radius 3 is 2.43 bits per heavy atom. The van der Waals surface area contributed by atoms with Crippen molar-refractivity contribution >= 4 is 17.9 Å². The van der Waals surface area contributed by atoms with Crippen LogP contribution in [0.4, 0.5) is 5.69 Å². The monoisotopic (exact) mass is 310 g/mol. The number of aromatic nitrogens is 1. The second kappa shape index (κ2) is 6.93. The summed E-state index contributed by atoms with van der Waals surface area (Å²) in [6, 6.07) is 6.83. The Balaban J connectivity index is 2.75. The predicted octanol–water partition coefficient (Wildman–Crippen LogP) is 3.79. The molecule has 0 bridgehead atoms. The van der Waals surface area contributed by atoms with Crippen LogP contribution in [0, 0.1) is 6.57 Å². The normalized spacial score (nSPS) is 10.2. The minimum Gasteiger partial charge on any atom is -0.461 e. The SMILES string of the molecule is [C-]#[N+]c1c(-c2ccc(C=O)cc2)c(C(=O)OCC)n(C)c1CC. The average Bonchev–Trinajstić information content (AvgIpc) is 2.86. The zero-order valence-electron chi connectivity index (χ0n) is 13.4. The number of carbonyl (C=O) groups excluding carboxylic acids is 2. The van der Waals surface area contributed by atoms with E-state index in [1.807, 2.05) is 6.92 Å². The van der Waals surface area contributed by atoms with Crippen LogP contribution in [0.1, 0.15) is 40.4 Å². The highest BCUT2D eigenvalue weighted by atomic mass is 16.5. The molecule has 5 nitrogen and oxygen atoms in total. The molecule has 118 valence electrons. The summed E-state index contributed by atoms with van der Waals surface area (Å²) < 4.78 is 6.88.